The van der Waals surface area contributed by atoms with Crippen molar-refractivity contribution in [3.05, 3.63) is 179 Å². The van der Waals surface area contributed by atoms with Crippen molar-refractivity contribution in [3.8, 4) is 33.8 Å². The van der Waals surface area contributed by atoms with Crippen molar-refractivity contribution >= 4 is 11.8 Å². The summed E-state index contributed by atoms with van der Waals surface area (Å²) in [4.78, 5) is 36.6. The van der Waals surface area contributed by atoms with Crippen LogP contribution >= 0.6 is 0 Å². The maximum absolute atomic E-state index is 13.1. The van der Waals surface area contributed by atoms with E-state index < -0.39 is 5.97 Å². The minimum atomic E-state index is -0.495. The molecule has 0 atom stereocenters. The van der Waals surface area contributed by atoms with Crippen LogP contribution in [0, 0.1) is 13.8 Å². The molecule has 6 aromatic rings. The second kappa shape index (κ2) is 13.9. The third-order valence-electron chi connectivity index (χ3n) is 7.67. The lowest BCUT2D eigenvalue weighted by atomic mass is 10.0. The van der Waals surface area contributed by atoms with E-state index in [4.69, 9.17) is 14.5 Å². The number of esters is 1. The second-order valence-corrected chi connectivity index (χ2v) is 11.1. The highest BCUT2D eigenvalue weighted by atomic mass is 17.2. The van der Waals surface area contributed by atoms with E-state index in [1.165, 1.54) is 16.7 Å². The topological polar surface area (TPSA) is 61.8 Å². The lowest BCUT2D eigenvalue weighted by Crippen LogP contribution is -2.09. The highest BCUT2D eigenvalue weighted by Crippen LogP contribution is 2.24. The molecule has 0 bridgehead atoms. The number of ether oxygens (including phenoxy) is 1. The Morgan fingerprint density at radius 3 is 1.35 bits per heavy atom. The molecule has 0 saturated heterocycles. The average molecular weight is 605 g/mol. The van der Waals surface area contributed by atoms with Gasteiger partial charge in [0.2, 0.25) is 0 Å². The van der Waals surface area contributed by atoms with Crippen molar-refractivity contribution in [2.45, 2.75) is 20.5 Å². The van der Waals surface area contributed by atoms with Crippen LogP contribution in [0.2, 0.25) is 0 Å². The first-order valence-electron chi connectivity index (χ1n) is 15.0. The lowest BCUT2D eigenvalue weighted by molar-refractivity contribution is -0.217. The van der Waals surface area contributed by atoms with Gasteiger partial charge in [-0.1, -0.05) is 108 Å². The molecule has 0 aliphatic heterocycles. The lowest BCUT2D eigenvalue weighted by Gasteiger charge is -2.08. The average Bonchev–Trinajstić information content (AvgIpc) is 3.10. The van der Waals surface area contributed by atoms with Gasteiger partial charge in [-0.05, 0) is 90.2 Å². The quantitative estimate of drug-likeness (QED) is 0.0512. The maximum atomic E-state index is 13.1. The third kappa shape index (κ3) is 7.46. The van der Waals surface area contributed by atoms with Crippen LogP contribution in [0.3, 0.4) is 0 Å². The zero-order chi connectivity index (χ0) is 31.9. The van der Waals surface area contributed by atoms with Gasteiger partial charge in [0.15, 0.2) is 11.5 Å². The smallest absolute Gasteiger partial charge is 0.343 e. The number of aryl methyl sites for hydroxylation is 2. The molecule has 0 fully saturated rings. The number of carbonyl (C=O) groups is 2. The van der Waals surface area contributed by atoms with Gasteiger partial charge in [-0.15, -0.1) is 0 Å². The largest absolute Gasteiger partial charge is 0.423 e. The van der Waals surface area contributed by atoms with E-state index >= 15 is 0 Å². The van der Waals surface area contributed by atoms with Gasteiger partial charge >= 0.3 is 5.97 Å². The summed E-state index contributed by atoms with van der Waals surface area (Å²) in [6.07, 6.45) is 0. The third-order valence-corrected chi connectivity index (χ3v) is 7.67. The van der Waals surface area contributed by atoms with E-state index in [1.54, 1.807) is 60.7 Å². The van der Waals surface area contributed by atoms with Crippen molar-refractivity contribution in [3.63, 3.8) is 0 Å². The molecule has 46 heavy (non-hydrogen) atoms. The minimum absolute atomic E-state index is 0.173. The molecule has 226 valence electrons. The van der Waals surface area contributed by atoms with Crippen molar-refractivity contribution in [1.29, 1.82) is 0 Å². The van der Waals surface area contributed by atoms with Gasteiger partial charge < -0.3 is 9.62 Å². The summed E-state index contributed by atoms with van der Waals surface area (Å²) in [6, 6.07) is 45.3. The number of ketones is 1. The van der Waals surface area contributed by atoms with Crippen LogP contribution in [0.25, 0.3) is 22.3 Å². The van der Waals surface area contributed by atoms with Crippen molar-refractivity contribution in [2.24, 2.45) is 0 Å². The number of benzene rings is 6. The van der Waals surface area contributed by atoms with Gasteiger partial charge in [0.1, 0.15) is 12.4 Å². The van der Waals surface area contributed by atoms with Crippen LogP contribution in [-0.4, -0.2) is 11.8 Å². The minimum Gasteiger partial charge on any atom is -0.423 e. The van der Waals surface area contributed by atoms with Crippen molar-refractivity contribution in [1.82, 2.24) is 0 Å². The Labute approximate surface area is 268 Å². The molecule has 5 nitrogen and oxygen atoms in total. The van der Waals surface area contributed by atoms with Gasteiger partial charge in [-0.2, -0.15) is 4.89 Å². The first-order valence-corrected chi connectivity index (χ1v) is 15.0. The normalized spacial score (nSPS) is 10.7. The molecular formula is C41H32O5. The zero-order valence-electron chi connectivity index (χ0n) is 25.6. The summed E-state index contributed by atoms with van der Waals surface area (Å²) in [5.74, 6) is 0.264. The summed E-state index contributed by atoms with van der Waals surface area (Å²) >= 11 is 0. The fourth-order valence-corrected chi connectivity index (χ4v) is 4.92. The Kier molecular flexibility index (Phi) is 9.14. The number of hydrogen-bond donors (Lipinski definition) is 0. The molecule has 6 rings (SSSR count). The summed E-state index contributed by atoms with van der Waals surface area (Å²) in [5, 5.41) is 0. The molecule has 5 heteroatoms. The van der Waals surface area contributed by atoms with Crippen LogP contribution in [0.15, 0.2) is 146 Å². The summed E-state index contributed by atoms with van der Waals surface area (Å²) in [7, 11) is 0. The Morgan fingerprint density at radius 1 is 0.457 bits per heavy atom. The molecule has 0 aliphatic rings. The molecule has 0 saturated carbocycles. The summed E-state index contributed by atoms with van der Waals surface area (Å²) in [6.45, 7) is 4.40. The Hall–Kier alpha value is -5.78. The first-order chi connectivity index (χ1) is 22.4. The number of carbonyl (C=O) groups excluding carboxylic acids is 2. The fourth-order valence-electron chi connectivity index (χ4n) is 4.92. The molecule has 0 unspecified atom stereocenters. The van der Waals surface area contributed by atoms with Gasteiger partial charge in [0, 0.05) is 11.1 Å². The first kappa shape index (κ1) is 30.3. The monoisotopic (exact) mass is 604 g/mol. The van der Waals surface area contributed by atoms with Gasteiger partial charge in [-0.3, -0.25) is 4.79 Å². The zero-order valence-corrected chi connectivity index (χ0v) is 25.6. The van der Waals surface area contributed by atoms with Gasteiger partial charge in [0.05, 0.1) is 5.56 Å². The molecule has 0 spiro atoms. The maximum Gasteiger partial charge on any atom is 0.343 e. The molecule has 0 aliphatic carbocycles. The Balaban J connectivity index is 0.990. The molecule has 0 N–H and O–H groups in total. The highest BCUT2D eigenvalue weighted by molar-refractivity contribution is 6.09. The SMILES string of the molecule is Cc1ccc(-c2ccc(COOc3ccc(C(=O)c4ccc(C(=O)Oc5ccc(-c6ccc(C)cc6)cc5)cc4)cc3)cc2)cc1. The number of hydrogen-bond acceptors (Lipinski definition) is 5. The molecule has 0 radical (unpaired) electrons. The van der Waals surface area contributed by atoms with Crippen LogP contribution < -0.4 is 9.62 Å². The van der Waals surface area contributed by atoms with E-state index in [1.807, 2.05) is 31.2 Å². The number of rotatable bonds is 10. The van der Waals surface area contributed by atoms with Crippen LogP contribution in [-0.2, 0) is 11.5 Å². The van der Waals surface area contributed by atoms with Gasteiger partial charge in [-0.25, -0.2) is 4.79 Å². The highest BCUT2D eigenvalue weighted by Gasteiger charge is 2.13. The van der Waals surface area contributed by atoms with Crippen molar-refractivity contribution in [2.75, 3.05) is 0 Å². The molecule has 6 aromatic carbocycles. The van der Waals surface area contributed by atoms with Crippen LogP contribution in [0.1, 0.15) is 43.0 Å². The molecule has 0 aromatic heterocycles. The summed E-state index contributed by atoms with van der Waals surface area (Å²) in [5.41, 5.74) is 9.14. The van der Waals surface area contributed by atoms with Crippen LogP contribution in [0.4, 0.5) is 0 Å². The fraction of sp³-hybridized carbons (Fsp3) is 0.0732. The Morgan fingerprint density at radius 2 is 0.848 bits per heavy atom. The van der Waals surface area contributed by atoms with E-state index in [0.717, 1.165) is 22.3 Å². The van der Waals surface area contributed by atoms with Crippen molar-refractivity contribution < 1.29 is 24.1 Å². The van der Waals surface area contributed by atoms with E-state index in [-0.39, 0.29) is 12.4 Å². The predicted octanol–water partition coefficient (Wildman–Crippen LogP) is 9.60. The predicted molar refractivity (Wildman–Crippen MR) is 180 cm³/mol. The Bertz CT molecular complexity index is 1920. The molecular weight excluding hydrogens is 572 g/mol. The second-order valence-electron chi connectivity index (χ2n) is 11.1. The summed E-state index contributed by atoms with van der Waals surface area (Å²) < 4.78 is 5.55. The molecule has 0 heterocycles. The van der Waals surface area contributed by atoms with Crippen LogP contribution in [0.5, 0.6) is 11.5 Å². The van der Waals surface area contributed by atoms with Gasteiger partial charge in [0.25, 0.3) is 0 Å². The standard InChI is InChI=1S/C41H32O5/c1-28-3-9-31(10-4-28)33-13-7-30(8-14-33)27-44-46-39-25-21-36(22-26-39)40(42)35-15-17-37(18-16-35)41(43)45-38-23-19-34(20-24-38)32-11-5-29(2)6-12-32/h3-26H,27H2,1-2H3. The van der Waals surface area contributed by atoms with E-state index in [2.05, 4.69) is 67.6 Å². The van der Waals surface area contributed by atoms with E-state index in [0.29, 0.717) is 28.2 Å². The van der Waals surface area contributed by atoms with E-state index in [9.17, 15) is 9.59 Å². The molecule has 0 amide bonds.